The van der Waals surface area contributed by atoms with Gasteiger partial charge in [0.1, 0.15) is 0 Å². The lowest BCUT2D eigenvalue weighted by Gasteiger charge is -2.16. The normalized spacial score (nSPS) is 13.3. The van der Waals surface area contributed by atoms with Gasteiger partial charge in [0.05, 0.1) is 10.0 Å². The van der Waals surface area contributed by atoms with Gasteiger partial charge in [-0.3, -0.25) is 0 Å². The summed E-state index contributed by atoms with van der Waals surface area (Å²) in [7, 11) is 0. The van der Waals surface area contributed by atoms with Crippen molar-refractivity contribution in [3.05, 3.63) is 33.8 Å². The van der Waals surface area contributed by atoms with Crippen LogP contribution in [0.1, 0.15) is 19.4 Å². The third-order valence-electron chi connectivity index (χ3n) is 2.34. The van der Waals surface area contributed by atoms with Crippen molar-refractivity contribution in [3.63, 3.8) is 0 Å². The Morgan fingerprint density at radius 1 is 1.29 bits per heavy atom. The van der Waals surface area contributed by atoms with Crippen LogP contribution < -0.4 is 5.73 Å². The van der Waals surface area contributed by atoms with E-state index >= 15 is 0 Å². The van der Waals surface area contributed by atoms with E-state index < -0.39 is 0 Å². The Hall–Kier alpha value is -0.240. The maximum Gasteiger partial charge on any atom is 0.0624 e. The third kappa shape index (κ3) is 2.88. The Bertz CT molecular complexity index is 310. The number of benzene rings is 1. The van der Waals surface area contributed by atoms with Crippen molar-refractivity contribution in [3.8, 4) is 0 Å². The standard InChI is InChI=1S/C11H15Cl2N/c1-7(2)10(14)6-8-4-3-5-9(12)11(8)13/h3-5,7,10H,6,14H2,1-2H3. The summed E-state index contributed by atoms with van der Waals surface area (Å²) in [5.74, 6) is 0.449. The highest BCUT2D eigenvalue weighted by atomic mass is 35.5. The van der Waals surface area contributed by atoms with Gasteiger partial charge < -0.3 is 5.73 Å². The summed E-state index contributed by atoms with van der Waals surface area (Å²) in [5.41, 5.74) is 6.99. The molecular weight excluding hydrogens is 217 g/mol. The summed E-state index contributed by atoms with van der Waals surface area (Å²) in [4.78, 5) is 0. The van der Waals surface area contributed by atoms with Gasteiger partial charge >= 0.3 is 0 Å². The van der Waals surface area contributed by atoms with Crippen LogP contribution in [0.25, 0.3) is 0 Å². The molecule has 1 rings (SSSR count). The van der Waals surface area contributed by atoms with Gasteiger partial charge in [0.25, 0.3) is 0 Å². The lowest BCUT2D eigenvalue weighted by atomic mass is 9.97. The van der Waals surface area contributed by atoms with E-state index in [0.717, 1.165) is 12.0 Å². The van der Waals surface area contributed by atoms with Crippen molar-refractivity contribution < 1.29 is 0 Å². The highest BCUT2D eigenvalue weighted by Gasteiger charge is 2.11. The smallest absolute Gasteiger partial charge is 0.0624 e. The van der Waals surface area contributed by atoms with E-state index in [1.165, 1.54) is 0 Å². The first-order valence-electron chi connectivity index (χ1n) is 4.71. The molecule has 0 fully saturated rings. The molecule has 78 valence electrons. The van der Waals surface area contributed by atoms with Gasteiger partial charge in [-0.25, -0.2) is 0 Å². The summed E-state index contributed by atoms with van der Waals surface area (Å²) in [6.45, 7) is 4.20. The van der Waals surface area contributed by atoms with Crippen LogP contribution in [0.4, 0.5) is 0 Å². The molecule has 1 atom stereocenters. The lowest BCUT2D eigenvalue weighted by Crippen LogP contribution is -2.28. The van der Waals surface area contributed by atoms with E-state index in [1.54, 1.807) is 6.07 Å². The first-order valence-corrected chi connectivity index (χ1v) is 5.46. The van der Waals surface area contributed by atoms with Crippen LogP contribution in [0.2, 0.25) is 10.0 Å². The number of hydrogen-bond donors (Lipinski definition) is 1. The van der Waals surface area contributed by atoms with Gasteiger partial charge in [0, 0.05) is 6.04 Å². The van der Waals surface area contributed by atoms with Crippen LogP contribution in [-0.2, 0) is 6.42 Å². The van der Waals surface area contributed by atoms with Crippen LogP contribution in [0, 0.1) is 5.92 Å². The van der Waals surface area contributed by atoms with Crippen molar-refractivity contribution in [2.75, 3.05) is 0 Å². The number of hydrogen-bond acceptors (Lipinski definition) is 1. The second kappa shape index (κ2) is 5.01. The molecule has 0 spiro atoms. The molecule has 1 nitrogen and oxygen atoms in total. The van der Waals surface area contributed by atoms with E-state index in [2.05, 4.69) is 13.8 Å². The molecule has 0 aliphatic heterocycles. The second-order valence-electron chi connectivity index (χ2n) is 3.82. The predicted octanol–water partition coefficient (Wildman–Crippen LogP) is 3.52. The number of rotatable bonds is 3. The van der Waals surface area contributed by atoms with Crippen molar-refractivity contribution in [2.45, 2.75) is 26.3 Å². The van der Waals surface area contributed by atoms with E-state index in [-0.39, 0.29) is 6.04 Å². The molecule has 0 saturated carbocycles. The molecule has 0 radical (unpaired) electrons. The molecule has 0 amide bonds. The Kier molecular flexibility index (Phi) is 4.24. The van der Waals surface area contributed by atoms with Gasteiger partial charge in [0.2, 0.25) is 0 Å². The van der Waals surface area contributed by atoms with Crippen LogP contribution in [0.3, 0.4) is 0 Å². The molecule has 3 heteroatoms. The zero-order chi connectivity index (χ0) is 10.7. The van der Waals surface area contributed by atoms with Crippen LogP contribution >= 0.6 is 23.2 Å². The van der Waals surface area contributed by atoms with Gasteiger partial charge in [-0.15, -0.1) is 0 Å². The van der Waals surface area contributed by atoms with Crippen molar-refractivity contribution in [1.29, 1.82) is 0 Å². The first kappa shape index (κ1) is 11.8. The summed E-state index contributed by atoms with van der Waals surface area (Å²) in [5, 5.41) is 1.23. The molecule has 1 unspecified atom stereocenters. The quantitative estimate of drug-likeness (QED) is 0.847. The first-order chi connectivity index (χ1) is 6.52. The van der Waals surface area contributed by atoms with E-state index in [1.807, 2.05) is 12.1 Å². The molecule has 1 aromatic rings. The maximum atomic E-state index is 6.05. The average Bonchev–Trinajstić information content (AvgIpc) is 2.12. The molecule has 0 bridgehead atoms. The van der Waals surface area contributed by atoms with Crippen LogP contribution in [0.5, 0.6) is 0 Å². The van der Waals surface area contributed by atoms with E-state index in [4.69, 9.17) is 28.9 Å². The molecule has 1 aromatic carbocycles. The fourth-order valence-electron chi connectivity index (χ4n) is 1.20. The zero-order valence-corrected chi connectivity index (χ0v) is 9.94. The van der Waals surface area contributed by atoms with Crippen molar-refractivity contribution in [1.82, 2.24) is 0 Å². The average molecular weight is 232 g/mol. The lowest BCUT2D eigenvalue weighted by molar-refractivity contribution is 0.490. The van der Waals surface area contributed by atoms with Gasteiger partial charge in [-0.05, 0) is 24.0 Å². The minimum absolute atomic E-state index is 0.131. The molecule has 0 aromatic heterocycles. The Balaban J connectivity index is 2.82. The van der Waals surface area contributed by atoms with Crippen molar-refractivity contribution in [2.24, 2.45) is 11.7 Å². The Labute approximate surface area is 95.2 Å². The summed E-state index contributed by atoms with van der Waals surface area (Å²) in [6.07, 6.45) is 0.775. The third-order valence-corrected chi connectivity index (χ3v) is 3.20. The fraction of sp³-hybridized carbons (Fsp3) is 0.455. The fourth-order valence-corrected chi connectivity index (χ4v) is 1.59. The number of nitrogens with two attached hydrogens (primary N) is 1. The molecule has 2 N–H and O–H groups in total. The van der Waals surface area contributed by atoms with Gasteiger partial charge in [-0.2, -0.15) is 0 Å². The SMILES string of the molecule is CC(C)C(N)Cc1cccc(Cl)c1Cl. The second-order valence-corrected chi connectivity index (χ2v) is 4.61. The topological polar surface area (TPSA) is 26.0 Å². The van der Waals surface area contributed by atoms with Crippen LogP contribution in [-0.4, -0.2) is 6.04 Å². The number of halogens is 2. The summed E-state index contributed by atoms with van der Waals surface area (Å²) < 4.78 is 0. The Morgan fingerprint density at radius 3 is 2.50 bits per heavy atom. The highest BCUT2D eigenvalue weighted by molar-refractivity contribution is 6.42. The van der Waals surface area contributed by atoms with E-state index in [9.17, 15) is 0 Å². The monoisotopic (exact) mass is 231 g/mol. The molecule has 0 aliphatic rings. The minimum atomic E-state index is 0.131. The summed E-state index contributed by atoms with van der Waals surface area (Å²) >= 11 is 12.0. The highest BCUT2D eigenvalue weighted by Crippen LogP contribution is 2.26. The van der Waals surface area contributed by atoms with Crippen LogP contribution in [0.15, 0.2) is 18.2 Å². The van der Waals surface area contributed by atoms with Crippen molar-refractivity contribution >= 4 is 23.2 Å². The summed E-state index contributed by atoms with van der Waals surface area (Å²) in [6, 6.07) is 5.78. The molecular formula is C11H15Cl2N. The zero-order valence-electron chi connectivity index (χ0n) is 8.43. The van der Waals surface area contributed by atoms with Gasteiger partial charge in [0.15, 0.2) is 0 Å². The largest absolute Gasteiger partial charge is 0.327 e. The maximum absolute atomic E-state index is 6.05. The Morgan fingerprint density at radius 2 is 1.93 bits per heavy atom. The molecule has 14 heavy (non-hydrogen) atoms. The van der Waals surface area contributed by atoms with Gasteiger partial charge in [-0.1, -0.05) is 49.2 Å². The predicted molar refractivity (Wildman–Crippen MR) is 63.0 cm³/mol. The minimum Gasteiger partial charge on any atom is -0.327 e. The molecule has 0 aliphatic carbocycles. The molecule has 0 heterocycles. The van der Waals surface area contributed by atoms with E-state index in [0.29, 0.717) is 16.0 Å². The molecule has 0 saturated heterocycles.